The number of pyridine rings is 1. The summed E-state index contributed by atoms with van der Waals surface area (Å²) in [7, 11) is 0. The Balaban J connectivity index is 1.74. The summed E-state index contributed by atoms with van der Waals surface area (Å²) in [4.78, 5) is 32.3. The maximum absolute atomic E-state index is 12.6. The van der Waals surface area contributed by atoms with Crippen molar-refractivity contribution in [2.75, 3.05) is 39.4 Å². The molecule has 25 heavy (non-hydrogen) atoms. The van der Waals surface area contributed by atoms with Gasteiger partial charge in [0.25, 0.3) is 0 Å². The SMILES string of the molecule is CC(=O)NCC(=O)N1CC[C@H](N2CCOCC2)[C@H]1Cc1cccnc1. The summed E-state index contributed by atoms with van der Waals surface area (Å²) in [6, 6.07) is 4.41. The molecule has 0 bridgehead atoms. The van der Waals surface area contributed by atoms with Crippen LogP contribution < -0.4 is 5.32 Å². The molecule has 2 atom stereocenters. The standard InChI is InChI=1S/C18H26N4O3/c1-14(23)20-13-18(24)22-6-4-16(21-7-9-25-10-8-21)17(22)11-15-3-2-5-19-12-15/h2-3,5,12,16-17H,4,6-11,13H2,1H3,(H,20,23)/t16-,17+/m0/s1. The van der Waals surface area contributed by atoms with E-state index in [4.69, 9.17) is 4.74 Å². The Labute approximate surface area is 148 Å². The third-order valence-electron chi connectivity index (χ3n) is 5.00. The van der Waals surface area contributed by atoms with Gasteiger partial charge in [0.15, 0.2) is 0 Å². The van der Waals surface area contributed by atoms with E-state index in [1.165, 1.54) is 6.92 Å². The molecule has 7 nitrogen and oxygen atoms in total. The van der Waals surface area contributed by atoms with Crippen LogP contribution in [-0.2, 0) is 20.7 Å². The van der Waals surface area contributed by atoms with Gasteiger partial charge in [0.1, 0.15) is 0 Å². The van der Waals surface area contributed by atoms with Crippen molar-refractivity contribution >= 4 is 11.8 Å². The summed E-state index contributed by atoms with van der Waals surface area (Å²) in [6.07, 6.45) is 5.36. The number of nitrogens with zero attached hydrogens (tertiary/aromatic N) is 3. The number of hydrogen-bond acceptors (Lipinski definition) is 5. The number of likely N-dealkylation sites (tertiary alicyclic amines) is 1. The van der Waals surface area contributed by atoms with E-state index in [1.54, 1.807) is 6.20 Å². The van der Waals surface area contributed by atoms with E-state index in [2.05, 4.69) is 21.3 Å². The van der Waals surface area contributed by atoms with Crippen LogP contribution in [0.4, 0.5) is 0 Å². The zero-order chi connectivity index (χ0) is 17.6. The number of nitrogens with one attached hydrogen (secondary N) is 1. The minimum absolute atomic E-state index is 0.0140. The average molecular weight is 346 g/mol. The van der Waals surface area contributed by atoms with Gasteiger partial charge in [0, 0.05) is 45.0 Å². The fraction of sp³-hybridized carbons (Fsp3) is 0.611. The van der Waals surface area contributed by atoms with E-state index in [1.807, 2.05) is 17.2 Å². The summed E-state index contributed by atoms with van der Waals surface area (Å²) in [5.74, 6) is -0.194. The Hall–Kier alpha value is -1.99. The van der Waals surface area contributed by atoms with Crippen LogP contribution in [0.25, 0.3) is 0 Å². The molecule has 2 fully saturated rings. The lowest BCUT2D eigenvalue weighted by Crippen LogP contribution is -2.52. The first-order chi connectivity index (χ1) is 12.1. The zero-order valence-corrected chi connectivity index (χ0v) is 14.7. The Morgan fingerprint density at radius 1 is 1.32 bits per heavy atom. The van der Waals surface area contributed by atoms with Crippen molar-refractivity contribution in [3.8, 4) is 0 Å². The molecule has 136 valence electrons. The van der Waals surface area contributed by atoms with E-state index in [9.17, 15) is 9.59 Å². The molecule has 0 unspecified atom stereocenters. The van der Waals surface area contributed by atoms with Gasteiger partial charge < -0.3 is 15.0 Å². The molecule has 2 aliphatic heterocycles. The van der Waals surface area contributed by atoms with E-state index in [0.717, 1.165) is 51.3 Å². The Morgan fingerprint density at radius 2 is 2.12 bits per heavy atom. The number of rotatable bonds is 5. The van der Waals surface area contributed by atoms with Crippen LogP contribution >= 0.6 is 0 Å². The quantitative estimate of drug-likeness (QED) is 0.816. The van der Waals surface area contributed by atoms with Crippen LogP contribution in [0.2, 0.25) is 0 Å². The molecule has 1 N–H and O–H groups in total. The van der Waals surface area contributed by atoms with E-state index in [0.29, 0.717) is 6.04 Å². The van der Waals surface area contributed by atoms with Gasteiger partial charge in [-0.25, -0.2) is 0 Å². The highest BCUT2D eigenvalue weighted by molar-refractivity contribution is 5.84. The molecule has 0 spiro atoms. The zero-order valence-electron chi connectivity index (χ0n) is 14.7. The first-order valence-electron chi connectivity index (χ1n) is 8.90. The highest BCUT2D eigenvalue weighted by Gasteiger charge is 2.40. The normalized spacial score (nSPS) is 24.3. The van der Waals surface area contributed by atoms with Gasteiger partial charge in [0.05, 0.1) is 25.8 Å². The van der Waals surface area contributed by atoms with Gasteiger partial charge in [-0.2, -0.15) is 0 Å². The molecule has 2 aliphatic rings. The number of ether oxygens (including phenoxy) is 1. The molecule has 2 amide bonds. The predicted octanol–water partition coefficient (Wildman–Crippen LogP) is 0.0619. The number of hydrogen-bond donors (Lipinski definition) is 1. The largest absolute Gasteiger partial charge is 0.379 e. The summed E-state index contributed by atoms with van der Waals surface area (Å²) >= 11 is 0. The van der Waals surface area contributed by atoms with E-state index >= 15 is 0 Å². The molecule has 0 aromatic carbocycles. The number of carbonyl (C=O) groups is 2. The highest BCUT2D eigenvalue weighted by Crippen LogP contribution is 2.26. The fourth-order valence-electron chi connectivity index (χ4n) is 3.79. The van der Waals surface area contributed by atoms with Gasteiger partial charge in [-0.3, -0.25) is 19.5 Å². The number of aromatic nitrogens is 1. The lowest BCUT2D eigenvalue weighted by atomic mass is 9.99. The molecule has 1 aromatic heterocycles. The molecular formula is C18H26N4O3. The van der Waals surface area contributed by atoms with Gasteiger partial charge in [0.2, 0.25) is 11.8 Å². The van der Waals surface area contributed by atoms with Crippen LogP contribution in [0, 0.1) is 0 Å². The van der Waals surface area contributed by atoms with Crippen LogP contribution in [0.15, 0.2) is 24.5 Å². The van der Waals surface area contributed by atoms with Crippen molar-refractivity contribution in [3.05, 3.63) is 30.1 Å². The molecule has 3 heterocycles. The van der Waals surface area contributed by atoms with E-state index in [-0.39, 0.29) is 24.4 Å². The molecule has 7 heteroatoms. The van der Waals surface area contributed by atoms with Crippen LogP contribution in [0.1, 0.15) is 18.9 Å². The number of carbonyl (C=O) groups excluding carboxylic acids is 2. The third-order valence-corrected chi connectivity index (χ3v) is 5.00. The smallest absolute Gasteiger partial charge is 0.242 e. The summed E-state index contributed by atoms with van der Waals surface area (Å²) < 4.78 is 5.47. The Morgan fingerprint density at radius 3 is 2.80 bits per heavy atom. The summed E-state index contributed by atoms with van der Waals surface area (Å²) in [6.45, 7) is 5.52. The molecule has 0 radical (unpaired) electrons. The van der Waals surface area contributed by atoms with Crippen molar-refractivity contribution in [1.29, 1.82) is 0 Å². The maximum Gasteiger partial charge on any atom is 0.242 e. The molecular weight excluding hydrogens is 320 g/mol. The van der Waals surface area contributed by atoms with Crippen LogP contribution in [0.3, 0.4) is 0 Å². The number of amides is 2. The second-order valence-corrected chi connectivity index (χ2v) is 6.63. The van der Waals surface area contributed by atoms with Crippen LogP contribution in [0.5, 0.6) is 0 Å². The first kappa shape index (κ1) is 17.8. The van der Waals surface area contributed by atoms with Crippen molar-refractivity contribution in [1.82, 2.24) is 20.1 Å². The predicted molar refractivity (Wildman–Crippen MR) is 92.9 cm³/mol. The highest BCUT2D eigenvalue weighted by atomic mass is 16.5. The minimum Gasteiger partial charge on any atom is -0.379 e. The minimum atomic E-state index is -0.180. The topological polar surface area (TPSA) is 74.8 Å². The molecule has 2 saturated heterocycles. The fourth-order valence-corrected chi connectivity index (χ4v) is 3.79. The summed E-state index contributed by atoms with van der Waals surface area (Å²) in [5.41, 5.74) is 1.13. The van der Waals surface area contributed by atoms with Crippen molar-refractivity contribution < 1.29 is 14.3 Å². The van der Waals surface area contributed by atoms with Crippen LogP contribution in [-0.4, -0.2) is 78.1 Å². The Kier molecular flexibility index (Phi) is 5.99. The lowest BCUT2D eigenvalue weighted by Gasteiger charge is -2.37. The van der Waals surface area contributed by atoms with Crippen molar-refractivity contribution in [2.45, 2.75) is 31.8 Å². The average Bonchev–Trinajstić information content (AvgIpc) is 3.05. The monoisotopic (exact) mass is 346 g/mol. The van der Waals surface area contributed by atoms with Crippen molar-refractivity contribution in [3.63, 3.8) is 0 Å². The van der Waals surface area contributed by atoms with Gasteiger partial charge in [-0.15, -0.1) is 0 Å². The van der Waals surface area contributed by atoms with Gasteiger partial charge in [-0.1, -0.05) is 6.07 Å². The van der Waals surface area contributed by atoms with Gasteiger partial charge in [-0.05, 0) is 24.5 Å². The molecule has 0 aliphatic carbocycles. The van der Waals surface area contributed by atoms with E-state index < -0.39 is 0 Å². The van der Waals surface area contributed by atoms with Gasteiger partial charge >= 0.3 is 0 Å². The van der Waals surface area contributed by atoms with Crippen molar-refractivity contribution in [2.24, 2.45) is 0 Å². The first-order valence-corrected chi connectivity index (χ1v) is 8.90. The second-order valence-electron chi connectivity index (χ2n) is 6.63. The maximum atomic E-state index is 12.6. The molecule has 3 rings (SSSR count). The second kappa shape index (κ2) is 8.40. The summed E-state index contributed by atoms with van der Waals surface area (Å²) in [5, 5.41) is 2.62. The Bertz CT molecular complexity index is 589. The third kappa shape index (κ3) is 4.55. The molecule has 0 saturated carbocycles. The number of morpholine rings is 1. The lowest BCUT2D eigenvalue weighted by molar-refractivity contribution is -0.133. The molecule has 1 aromatic rings.